The summed E-state index contributed by atoms with van der Waals surface area (Å²) in [6, 6.07) is -6.75. The van der Waals surface area contributed by atoms with Gasteiger partial charge in [-0.2, -0.15) is 0 Å². The van der Waals surface area contributed by atoms with Gasteiger partial charge < -0.3 is 200 Å². The number of allylic oxidation sites excluding steroid dienone is 1. The lowest BCUT2D eigenvalue weighted by Crippen LogP contribution is -2.72. The average molecular weight is 2020 g/mol. The van der Waals surface area contributed by atoms with Crippen molar-refractivity contribution >= 4 is 29.6 Å². The minimum Gasteiger partial charge on any atom is -0.477 e. The molecule has 0 aromatic heterocycles. The van der Waals surface area contributed by atoms with Gasteiger partial charge in [0, 0.05) is 33.6 Å². The number of carbonyl (C=O) groups is 5. The number of rotatable bonds is 67. The second kappa shape index (κ2) is 64.8. The number of carboxylic acids is 1. The lowest BCUT2D eigenvalue weighted by molar-refractivity contribution is -0.391. The summed E-state index contributed by atoms with van der Waals surface area (Å²) in [6.07, 6.45) is -24.8. The van der Waals surface area contributed by atoms with Crippen molar-refractivity contribution in [1.29, 1.82) is 0 Å². The van der Waals surface area contributed by atoms with Crippen LogP contribution in [0.1, 0.15) is 272 Å². The molecular weight excluding hydrogens is 1850 g/mol. The van der Waals surface area contributed by atoms with Crippen LogP contribution in [-0.4, -0.2) is 427 Å². The summed E-state index contributed by atoms with van der Waals surface area (Å²) >= 11 is 0. The molecule has 0 bridgehead atoms. The quantitative estimate of drug-likeness (QED) is 0.0228. The molecule has 0 aliphatic carbocycles. The van der Waals surface area contributed by atoms with Crippen LogP contribution >= 0.6 is 0 Å². The number of carbonyl (C=O) groups excluding carboxylic acids is 4. The molecule has 45 heteroatoms. The van der Waals surface area contributed by atoms with Crippen LogP contribution < -0.4 is 21.3 Å². The Bertz CT molecular complexity index is 3450. The first-order chi connectivity index (χ1) is 67.1. The highest BCUT2D eigenvalue weighted by atomic mass is 16.8. The van der Waals surface area contributed by atoms with E-state index in [9.17, 15) is 136 Å². The minimum absolute atomic E-state index is 0.151. The number of unbranched alkanes of at least 4 members (excludes halogenated alkanes) is 33. The Kier molecular flexibility index (Phi) is 56.8. The van der Waals surface area contributed by atoms with E-state index in [0.29, 0.717) is 12.8 Å². The monoisotopic (exact) mass is 2020 g/mol. The SMILES string of the molecule is CCCCCCCCCCCCC/C=C/[C@@H](O)[C@H](CO[C@@H]1OC(CO)[C@@H](O[C@@H]2OC(CO)[C@H](O)[C@H](O[C@@H]3OC(CO)[C@@H](O[C@@H]4OC(CO)[C@H](O)[C@H](O[C@@H]5OC(CO)[C@@H](O)[C@H](O[C@@H]6OC(CO)[C@H](O)[C@H](O[C@]7(C(=O)O)CC(O)[C@@H](NC(C)=O)C([C@H](O)[C@H](O)CO)O7)C6O)C5NC(C)=O)C4O)[C@H](O)C3NC(C)=O)C2O)[C@H](O)C1O)NC(=O)CCCCCCCCCCCCCCCCCCCCCCCCC. The van der Waals surface area contributed by atoms with Crippen molar-refractivity contribution in [2.24, 2.45) is 0 Å². The van der Waals surface area contributed by atoms with E-state index in [4.69, 9.17) is 66.3 Å². The smallest absolute Gasteiger partial charge is 0.364 e. The Labute approximate surface area is 819 Å². The summed E-state index contributed by atoms with van der Waals surface area (Å²) in [5.41, 5.74) is 0. The van der Waals surface area contributed by atoms with Crippen molar-refractivity contribution in [3.63, 3.8) is 0 Å². The molecule has 816 valence electrons. The van der Waals surface area contributed by atoms with Gasteiger partial charge in [-0.1, -0.05) is 231 Å². The number of carboxylic acid groups (broad SMARTS) is 1. The van der Waals surface area contributed by atoms with Crippen LogP contribution in [0, 0.1) is 0 Å². The maximum Gasteiger partial charge on any atom is 0.364 e. The Morgan fingerprint density at radius 1 is 0.371 bits per heavy atom. The van der Waals surface area contributed by atoms with Crippen LogP contribution in [0.25, 0.3) is 0 Å². The largest absolute Gasteiger partial charge is 0.477 e. The van der Waals surface area contributed by atoms with Gasteiger partial charge in [-0.05, 0) is 19.3 Å². The second-order valence-electron chi connectivity index (χ2n) is 38.5. The zero-order valence-corrected chi connectivity index (χ0v) is 81.9. The first kappa shape index (κ1) is 123. The summed E-state index contributed by atoms with van der Waals surface area (Å²) in [4.78, 5) is 65.5. The van der Waals surface area contributed by atoms with Crippen LogP contribution in [0.15, 0.2) is 12.2 Å². The average Bonchev–Trinajstić information content (AvgIpc) is 0.741. The van der Waals surface area contributed by atoms with Gasteiger partial charge in [0.15, 0.2) is 37.7 Å². The topological polar surface area (TPSA) is 708 Å². The third-order valence-electron chi connectivity index (χ3n) is 27.2. The van der Waals surface area contributed by atoms with Crippen molar-refractivity contribution in [1.82, 2.24) is 21.3 Å². The highest BCUT2D eigenvalue weighted by molar-refractivity contribution is 5.77. The first-order valence-corrected chi connectivity index (χ1v) is 51.1. The molecule has 14 unspecified atom stereocenters. The number of hydrogen-bond acceptors (Lipinski definition) is 40. The molecule has 140 heavy (non-hydrogen) atoms. The minimum atomic E-state index is -3.28. The molecule has 38 atom stereocenters. The molecule has 0 aromatic rings. The van der Waals surface area contributed by atoms with Crippen molar-refractivity contribution in [3.05, 3.63) is 12.2 Å². The summed E-state index contributed by atoms with van der Waals surface area (Å²) < 4.78 is 83.3. The van der Waals surface area contributed by atoms with Crippen LogP contribution in [0.5, 0.6) is 0 Å². The number of amides is 4. The third kappa shape index (κ3) is 37.2. The number of hydrogen-bond donors (Lipinski definition) is 26. The lowest BCUT2D eigenvalue weighted by Gasteiger charge is -2.51. The van der Waals surface area contributed by atoms with E-state index >= 15 is 0 Å². The van der Waals surface area contributed by atoms with E-state index in [0.717, 1.165) is 72.1 Å². The molecule has 4 amide bonds. The Hall–Kier alpha value is -4.31. The Morgan fingerprint density at radius 2 is 0.707 bits per heavy atom. The van der Waals surface area contributed by atoms with Crippen molar-refractivity contribution in [3.8, 4) is 0 Å². The fourth-order valence-electron chi connectivity index (χ4n) is 19.1. The molecular formula is C95H170N4O41. The number of ether oxygens (including phenoxy) is 14. The van der Waals surface area contributed by atoms with E-state index in [2.05, 4.69) is 35.1 Å². The fourth-order valence-corrected chi connectivity index (χ4v) is 19.1. The molecule has 0 aromatic carbocycles. The maximum atomic E-state index is 13.7. The molecule has 0 spiro atoms. The van der Waals surface area contributed by atoms with Gasteiger partial charge in [0.1, 0.15) is 165 Å². The van der Waals surface area contributed by atoms with Gasteiger partial charge in [0.2, 0.25) is 23.6 Å². The van der Waals surface area contributed by atoms with E-state index in [1.165, 1.54) is 161 Å². The summed E-state index contributed by atoms with van der Waals surface area (Å²) in [6.45, 7) is -1.02. The number of aliphatic hydroxyl groups is 21. The van der Waals surface area contributed by atoms with Crippen LogP contribution in [-0.2, 0) is 90.3 Å². The molecule has 7 aliphatic heterocycles. The summed E-state index contributed by atoms with van der Waals surface area (Å²) in [7, 11) is 0. The van der Waals surface area contributed by atoms with E-state index < -0.39 is 315 Å². The Morgan fingerprint density at radius 3 is 1.11 bits per heavy atom. The molecule has 0 saturated carbocycles. The second-order valence-corrected chi connectivity index (χ2v) is 38.5. The molecule has 7 fully saturated rings. The van der Waals surface area contributed by atoms with E-state index in [1.54, 1.807) is 6.08 Å². The molecule has 7 saturated heterocycles. The number of aliphatic carboxylic acids is 1. The predicted molar refractivity (Wildman–Crippen MR) is 492 cm³/mol. The first-order valence-electron chi connectivity index (χ1n) is 51.1. The molecule has 0 radical (unpaired) electrons. The van der Waals surface area contributed by atoms with Gasteiger partial charge in [0.25, 0.3) is 5.79 Å². The lowest BCUT2D eigenvalue weighted by atomic mass is 9.88. The number of aliphatic hydroxyl groups excluding tert-OH is 21. The summed E-state index contributed by atoms with van der Waals surface area (Å²) in [5, 5.41) is 259. The van der Waals surface area contributed by atoms with Crippen molar-refractivity contribution in [2.45, 2.75) is 505 Å². The summed E-state index contributed by atoms with van der Waals surface area (Å²) in [5.74, 6) is -8.53. The molecule has 7 heterocycles. The molecule has 7 rings (SSSR count). The molecule has 45 nitrogen and oxygen atoms in total. The Balaban J connectivity index is 0.987. The standard InChI is InChI=1S/C95H170N4O41/c1-6-8-10-12-14-16-18-20-21-22-23-24-25-26-27-28-29-31-33-35-37-39-41-43-66(113)99-56(57(110)42-40-38-36-34-32-30-19-17-15-13-11-9-7-2)52-127-90-77(121)76(120)82(65(51-106)133-90)135-92-78(122)85(72(116)61(47-102)130-92)137-88-68(97-54(4)108)75(119)81(64(50-105)132-88)134-91-79(123)86(73(117)62(48-103)129-91)138-89-69(98-55(5)109)83(71(115)60(46-101)128-89)136-93-80(124)87(74(118)63(49-104)131-93)140-95(94(125)126)44-58(111)67(96-53(3)107)84(139-95)70(114)59(112)45-100/h40,42,56-65,67-93,100-106,110-112,114-124H,6-39,41,43-52H2,1-5H3,(H,96,107)(H,97,108)(H,98,109)(H,99,113)(H,125,126)/b42-40+/t56-,57+,58?,59+,60?,61?,62?,63?,64?,65?,67+,68?,69?,70+,71+,72-,73-,74-,75+,76+,77?,78?,79?,80?,81+,82+,83+,84?,85-,86-,87-,88-,89-,90+,91-,92-,93-,95-/m0/s1. The molecule has 7 aliphatic rings. The predicted octanol–water partition coefficient (Wildman–Crippen LogP) is -2.13. The van der Waals surface area contributed by atoms with Gasteiger partial charge in [-0.15, -0.1) is 0 Å². The zero-order valence-electron chi connectivity index (χ0n) is 81.9. The normalized spacial score (nSPS) is 35.9. The van der Waals surface area contributed by atoms with Crippen LogP contribution in [0.3, 0.4) is 0 Å². The van der Waals surface area contributed by atoms with Gasteiger partial charge in [0.05, 0.1) is 77.1 Å². The van der Waals surface area contributed by atoms with Gasteiger partial charge in [-0.25, -0.2) is 4.79 Å². The maximum absolute atomic E-state index is 13.7. The van der Waals surface area contributed by atoms with Crippen molar-refractivity contribution < 1.29 is 203 Å². The van der Waals surface area contributed by atoms with E-state index in [-0.39, 0.29) is 12.3 Å². The van der Waals surface area contributed by atoms with Gasteiger partial charge >= 0.3 is 5.97 Å². The molecule has 26 N–H and O–H groups in total. The van der Waals surface area contributed by atoms with Crippen molar-refractivity contribution in [2.75, 3.05) is 52.9 Å². The van der Waals surface area contributed by atoms with Crippen LogP contribution in [0.4, 0.5) is 0 Å². The third-order valence-corrected chi connectivity index (χ3v) is 27.2. The fraction of sp³-hybridized carbons (Fsp3) is 0.926. The van der Waals surface area contributed by atoms with Crippen LogP contribution in [0.2, 0.25) is 0 Å². The zero-order chi connectivity index (χ0) is 103. The highest BCUT2D eigenvalue weighted by Crippen LogP contribution is 2.42. The van der Waals surface area contributed by atoms with E-state index in [1.807, 2.05) is 6.08 Å². The highest BCUT2D eigenvalue weighted by Gasteiger charge is 2.63. The number of nitrogens with one attached hydrogen (secondary N) is 4. The van der Waals surface area contributed by atoms with Gasteiger partial charge in [-0.3, -0.25) is 19.2 Å².